The lowest BCUT2D eigenvalue weighted by atomic mass is 10.1. The van der Waals surface area contributed by atoms with E-state index in [1.54, 1.807) is 31.9 Å². The van der Waals surface area contributed by atoms with Gasteiger partial charge in [0.25, 0.3) is 0 Å². The summed E-state index contributed by atoms with van der Waals surface area (Å²) in [5.74, 6) is 14.2. The van der Waals surface area contributed by atoms with E-state index in [4.69, 9.17) is 0 Å². The van der Waals surface area contributed by atoms with Crippen LogP contribution in [0.4, 0.5) is 0 Å². The molecule has 3 aromatic rings. The van der Waals surface area contributed by atoms with Crippen LogP contribution >= 0.6 is 66.3 Å². The monoisotopic (exact) mass is 702 g/mol. The third-order valence-corrected chi connectivity index (χ3v) is 25.1. The molecule has 44 heavy (non-hydrogen) atoms. The average Bonchev–Trinajstić information content (AvgIpc) is 3.60. The van der Waals surface area contributed by atoms with Crippen LogP contribution in [-0.2, 0) is 0 Å². The number of thioether (sulfide) groups is 2. The summed E-state index contributed by atoms with van der Waals surface area (Å²) in [6, 6.07) is 13.7. The molecule has 2 aromatic heterocycles. The van der Waals surface area contributed by atoms with Gasteiger partial charge in [0.15, 0.2) is 0 Å². The maximum Gasteiger partial charge on any atom is 0.0783 e. The summed E-state index contributed by atoms with van der Waals surface area (Å²) in [6.45, 7) is 28.9. The van der Waals surface area contributed by atoms with Crippen molar-refractivity contribution in [2.24, 2.45) is 0 Å². The van der Waals surface area contributed by atoms with Crippen LogP contribution < -0.4 is 0 Å². The Labute approximate surface area is 290 Å². The average molecular weight is 703 g/mol. The van der Waals surface area contributed by atoms with Crippen LogP contribution in [0.5, 0.6) is 0 Å². The molecule has 1 aromatic carbocycles. The first-order chi connectivity index (χ1) is 20.7. The van der Waals surface area contributed by atoms with Crippen molar-refractivity contribution in [3.63, 3.8) is 0 Å². The van der Waals surface area contributed by atoms with Gasteiger partial charge in [-0.3, -0.25) is 0 Å². The van der Waals surface area contributed by atoms with Crippen LogP contribution in [0.3, 0.4) is 0 Å². The smallest absolute Gasteiger partial charge is 0.0783 e. The van der Waals surface area contributed by atoms with Crippen molar-refractivity contribution < 1.29 is 0 Å². The Kier molecular flexibility index (Phi) is 13.5. The summed E-state index contributed by atoms with van der Waals surface area (Å²) >= 11 is 7.35. The fourth-order valence-corrected chi connectivity index (χ4v) is 24.6. The summed E-state index contributed by atoms with van der Waals surface area (Å²) in [5, 5.41) is 3.88. The molecule has 3 rings (SSSR count). The second-order valence-electron chi connectivity index (χ2n) is 12.8. The first-order valence-electron chi connectivity index (χ1n) is 15.8. The van der Waals surface area contributed by atoms with Crippen molar-refractivity contribution in [2.75, 3.05) is 12.5 Å². The predicted octanol–water partition coefficient (Wildman–Crippen LogP) is 12.8. The quantitative estimate of drug-likeness (QED) is 0.152. The molecule has 0 unspecified atom stereocenters. The Bertz CT molecular complexity index is 1360. The molecule has 0 radical (unpaired) electrons. The van der Waals surface area contributed by atoms with E-state index in [1.807, 2.05) is 22.7 Å². The maximum atomic E-state index is 3.55. The van der Waals surface area contributed by atoms with Crippen LogP contribution in [0.2, 0.25) is 0 Å². The number of hydrogen-bond donors (Lipinski definition) is 0. The highest BCUT2D eigenvalue weighted by Gasteiger charge is 2.38. The minimum atomic E-state index is -0.935. The third-order valence-electron chi connectivity index (χ3n) is 8.70. The molecule has 242 valence electrons. The Morgan fingerprint density at radius 2 is 0.773 bits per heavy atom. The summed E-state index contributed by atoms with van der Waals surface area (Å²) in [4.78, 5) is 4.71. The van der Waals surface area contributed by atoms with Gasteiger partial charge in [-0.1, -0.05) is 107 Å². The zero-order valence-electron chi connectivity index (χ0n) is 29.4. The van der Waals surface area contributed by atoms with Crippen LogP contribution in [0.15, 0.2) is 54.6 Å². The second kappa shape index (κ2) is 15.8. The van der Waals surface area contributed by atoms with Gasteiger partial charge in [0.2, 0.25) is 0 Å². The molecule has 0 atom stereocenters. The number of thiophene rings is 2. The highest BCUT2D eigenvalue weighted by atomic mass is 32.3. The first-order valence-corrected chi connectivity index (χ1v) is 23.5. The van der Waals surface area contributed by atoms with Crippen molar-refractivity contribution in [1.29, 1.82) is 0 Å². The Morgan fingerprint density at radius 1 is 0.477 bits per heavy atom. The molecular weight excluding hydrogens is 649 g/mol. The first kappa shape index (κ1) is 37.6. The Morgan fingerprint density at radius 3 is 1.02 bits per heavy atom. The SMILES string of the molecule is CSc1cc(C#Cc2ccc(S(C(C)C)(C(C)C)C(C)C)s2)c(SC)cc1C#Cc1ccc(S(C(C)C)(C(C)C)C(C)C)s1. The lowest BCUT2D eigenvalue weighted by molar-refractivity contribution is 0.942. The van der Waals surface area contributed by atoms with Gasteiger partial charge < -0.3 is 0 Å². The molecule has 0 nitrogen and oxygen atoms in total. The molecule has 0 bridgehead atoms. The van der Waals surface area contributed by atoms with E-state index in [1.165, 1.54) is 9.79 Å². The normalized spacial score (nSPS) is 13.2. The molecule has 0 saturated heterocycles. The molecule has 0 amide bonds. The zero-order chi connectivity index (χ0) is 33.0. The molecule has 0 fully saturated rings. The topological polar surface area (TPSA) is 0 Å². The number of benzene rings is 1. The molecule has 0 aliphatic heterocycles. The molecule has 0 aliphatic rings. The molecule has 6 heteroatoms. The van der Waals surface area contributed by atoms with Crippen molar-refractivity contribution >= 4 is 66.3 Å². The van der Waals surface area contributed by atoms with E-state index in [0.717, 1.165) is 20.9 Å². The molecule has 0 N–H and O–H groups in total. The van der Waals surface area contributed by atoms with Gasteiger partial charge in [-0.05, 0) is 80.4 Å². The van der Waals surface area contributed by atoms with Gasteiger partial charge in [-0.25, -0.2) is 0 Å². The predicted molar refractivity (Wildman–Crippen MR) is 213 cm³/mol. The van der Waals surface area contributed by atoms with Crippen LogP contribution in [0, 0.1) is 23.7 Å². The third kappa shape index (κ3) is 7.32. The van der Waals surface area contributed by atoms with E-state index < -0.39 is 20.1 Å². The van der Waals surface area contributed by atoms with Gasteiger partial charge in [-0.2, -0.15) is 20.1 Å². The van der Waals surface area contributed by atoms with E-state index in [9.17, 15) is 0 Å². The fourth-order valence-electron chi connectivity index (χ4n) is 7.17. The van der Waals surface area contributed by atoms with Crippen molar-refractivity contribution in [2.45, 2.75) is 133 Å². The van der Waals surface area contributed by atoms with Crippen molar-refractivity contribution in [1.82, 2.24) is 0 Å². The van der Waals surface area contributed by atoms with Crippen LogP contribution in [0.25, 0.3) is 0 Å². The van der Waals surface area contributed by atoms with Crippen LogP contribution in [0.1, 0.15) is 104 Å². The fraction of sp³-hybridized carbons (Fsp3) is 0.526. The van der Waals surface area contributed by atoms with E-state index >= 15 is 0 Å². The molecule has 0 saturated carbocycles. The van der Waals surface area contributed by atoms with E-state index in [0.29, 0.717) is 31.5 Å². The minimum absolute atomic E-state index is 0.646. The Hall–Kier alpha value is -0.860. The lowest BCUT2D eigenvalue weighted by Crippen LogP contribution is -2.28. The number of hydrogen-bond acceptors (Lipinski definition) is 4. The summed E-state index contributed by atoms with van der Waals surface area (Å²) in [6.07, 6.45) is 4.28. The molecule has 0 spiro atoms. The molecule has 2 heterocycles. The second-order valence-corrected chi connectivity index (χ2v) is 26.8. The number of rotatable bonds is 10. The summed E-state index contributed by atoms with van der Waals surface area (Å²) in [5.41, 5.74) is 2.19. The minimum Gasteiger partial charge on any atom is -0.198 e. The standard InChI is InChI=1S/C38H54S6/c1-25(2)43(26(3)4,27(5)6)37-21-19-33(41-37)17-15-31-23-36(40-14)32(24-35(31)39-13)16-18-34-20-22-38(42-34)44(28(7)8,29(9)10)30(11)12/h19-30H,1-14H3. The van der Waals surface area contributed by atoms with E-state index in [2.05, 4.69) is 156 Å². The lowest BCUT2D eigenvalue weighted by Gasteiger charge is -2.50. The van der Waals surface area contributed by atoms with Gasteiger partial charge in [0.1, 0.15) is 0 Å². The van der Waals surface area contributed by atoms with Crippen molar-refractivity contribution in [3.8, 4) is 23.7 Å². The highest BCUT2D eigenvalue weighted by molar-refractivity contribution is 8.36. The summed E-state index contributed by atoms with van der Waals surface area (Å²) < 4.78 is 3.10. The molecule has 0 aliphatic carbocycles. The largest absolute Gasteiger partial charge is 0.198 e. The summed E-state index contributed by atoms with van der Waals surface area (Å²) in [7, 11) is -1.87. The van der Waals surface area contributed by atoms with Gasteiger partial charge in [0.05, 0.1) is 9.75 Å². The van der Waals surface area contributed by atoms with Gasteiger partial charge in [-0.15, -0.1) is 46.2 Å². The zero-order valence-corrected chi connectivity index (χ0v) is 34.3. The maximum absolute atomic E-state index is 3.55. The van der Waals surface area contributed by atoms with E-state index in [-0.39, 0.29) is 0 Å². The van der Waals surface area contributed by atoms with Gasteiger partial charge >= 0.3 is 0 Å². The van der Waals surface area contributed by atoms with Crippen molar-refractivity contribution in [3.05, 3.63) is 57.3 Å². The molecular formula is C38H54S6. The Balaban J connectivity index is 1.99. The van der Waals surface area contributed by atoms with Crippen LogP contribution in [-0.4, -0.2) is 44.0 Å². The highest BCUT2D eigenvalue weighted by Crippen LogP contribution is 2.69. The van der Waals surface area contributed by atoms with Gasteiger partial charge in [0, 0.05) is 29.3 Å².